The number of hydrogen-bond donors (Lipinski definition) is 2. The highest BCUT2D eigenvalue weighted by Gasteiger charge is 2.21. The minimum Gasteiger partial charge on any atom is -0.474 e. The number of rotatable bonds is 6. The topological polar surface area (TPSA) is 83.1 Å². The Hall–Kier alpha value is -3.71. The molecule has 1 aliphatic heterocycles. The Morgan fingerprint density at radius 2 is 1.91 bits per heavy atom. The van der Waals surface area contributed by atoms with Crippen LogP contribution in [0.1, 0.15) is 28.8 Å². The minimum absolute atomic E-state index is 0.149. The number of likely N-dealkylation sites (tertiary alicyclic amines) is 1. The number of fused-ring (bicyclic) bond motifs is 1. The Labute approximate surface area is 186 Å². The van der Waals surface area contributed by atoms with Gasteiger partial charge >= 0.3 is 0 Å². The molecule has 162 valence electrons. The van der Waals surface area contributed by atoms with Crippen LogP contribution in [0.4, 0.5) is 5.69 Å². The Morgan fingerprint density at radius 1 is 1.06 bits per heavy atom. The number of ether oxygens (including phenoxy) is 1. The monoisotopic (exact) mass is 427 g/mol. The Kier molecular flexibility index (Phi) is 5.81. The summed E-state index contributed by atoms with van der Waals surface area (Å²) in [5.41, 5.74) is 3.47. The van der Waals surface area contributed by atoms with Gasteiger partial charge in [-0.25, -0.2) is 4.98 Å². The van der Waals surface area contributed by atoms with Crippen molar-refractivity contribution in [1.29, 1.82) is 0 Å². The standard InChI is InChI=1S/C25H25N5O2/c31-25(28-21-7-8-23-20(14-21)16-27-29-23)19-6-9-24(26-15-19)32-22-10-12-30(13-11-22)17-18-4-2-1-3-5-18/h1-9,14-16,22H,10-13,17H2,(H,27,29)(H,28,31). The second kappa shape index (κ2) is 9.20. The zero-order valence-corrected chi connectivity index (χ0v) is 17.7. The molecule has 0 radical (unpaired) electrons. The van der Waals surface area contributed by atoms with E-state index in [4.69, 9.17) is 4.74 Å². The summed E-state index contributed by atoms with van der Waals surface area (Å²) >= 11 is 0. The molecule has 0 atom stereocenters. The summed E-state index contributed by atoms with van der Waals surface area (Å²) in [7, 11) is 0. The summed E-state index contributed by atoms with van der Waals surface area (Å²) in [6.45, 7) is 2.98. The highest BCUT2D eigenvalue weighted by atomic mass is 16.5. The van der Waals surface area contributed by atoms with Crippen LogP contribution in [-0.4, -0.2) is 45.2 Å². The van der Waals surface area contributed by atoms with Gasteiger partial charge in [0.1, 0.15) is 6.10 Å². The van der Waals surface area contributed by atoms with E-state index >= 15 is 0 Å². The molecule has 0 aliphatic carbocycles. The first-order valence-corrected chi connectivity index (χ1v) is 10.9. The van der Waals surface area contributed by atoms with Crippen molar-refractivity contribution in [3.63, 3.8) is 0 Å². The van der Waals surface area contributed by atoms with Crippen LogP contribution >= 0.6 is 0 Å². The van der Waals surface area contributed by atoms with Crippen LogP contribution in [0.25, 0.3) is 10.9 Å². The highest BCUT2D eigenvalue weighted by molar-refractivity contribution is 6.04. The lowest BCUT2D eigenvalue weighted by Gasteiger charge is -2.31. The van der Waals surface area contributed by atoms with Crippen LogP contribution in [0.5, 0.6) is 5.88 Å². The van der Waals surface area contributed by atoms with E-state index in [9.17, 15) is 4.79 Å². The van der Waals surface area contributed by atoms with Gasteiger partial charge in [-0.1, -0.05) is 30.3 Å². The number of pyridine rings is 1. The molecule has 5 rings (SSSR count). The van der Waals surface area contributed by atoms with Crippen LogP contribution in [0.3, 0.4) is 0 Å². The number of aromatic nitrogens is 3. The average molecular weight is 428 g/mol. The molecule has 4 aromatic rings. The van der Waals surface area contributed by atoms with Crippen molar-refractivity contribution < 1.29 is 9.53 Å². The summed E-state index contributed by atoms with van der Waals surface area (Å²) in [6.07, 6.45) is 5.37. The van der Waals surface area contributed by atoms with E-state index in [1.165, 1.54) is 5.56 Å². The van der Waals surface area contributed by atoms with Gasteiger partial charge in [0.2, 0.25) is 5.88 Å². The van der Waals surface area contributed by atoms with Crippen molar-refractivity contribution in [1.82, 2.24) is 20.1 Å². The first-order valence-electron chi connectivity index (χ1n) is 10.9. The fourth-order valence-electron chi connectivity index (χ4n) is 4.01. The number of amides is 1. The van der Waals surface area contributed by atoms with E-state index in [0.29, 0.717) is 17.1 Å². The van der Waals surface area contributed by atoms with E-state index in [0.717, 1.165) is 43.4 Å². The number of nitrogens with zero attached hydrogens (tertiary/aromatic N) is 3. The normalized spacial score (nSPS) is 15.0. The van der Waals surface area contributed by atoms with E-state index in [-0.39, 0.29) is 12.0 Å². The number of anilines is 1. The number of benzene rings is 2. The second-order valence-corrected chi connectivity index (χ2v) is 8.09. The molecule has 3 heterocycles. The molecular weight excluding hydrogens is 402 g/mol. The zero-order valence-electron chi connectivity index (χ0n) is 17.7. The molecule has 7 nitrogen and oxygen atoms in total. The molecule has 0 saturated carbocycles. The lowest BCUT2D eigenvalue weighted by molar-refractivity contribution is 0.0931. The first kappa shape index (κ1) is 20.2. The van der Waals surface area contributed by atoms with Crippen LogP contribution < -0.4 is 10.1 Å². The Morgan fingerprint density at radius 3 is 2.69 bits per heavy atom. The van der Waals surface area contributed by atoms with Gasteiger partial charge in [-0.2, -0.15) is 5.10 Å². The van der Waals surface area contributed by atoms with Gasteiger partial charge in [-0.15, -0.1) is 0 Å². The molecule has 2 aromatic carbocycles. The van der Waals surface area contributed by atoms with Crippen molar-refractivity contribution in [3.8, 4) is 5.88 Å². The molecule has 32 heavy (non-hydrogen) atoms. The van der Waals surface area contributed by atoms with Crippen molar-refractivity contribution in [2.45, 2.75) is 25.5 Å². The second-order valence-electron chi connectivity index (χ2n) is 8.09. The van der Waals surface area contributed by atoms with Crippen molar-refractivity contribution in [2.75, 3.05) is 18.4 Å². The number of aromatic amines is 1. The Balaban J connectivity index is 1.12. The third kappa shape index (κ3) is 4.78. The van der Waals surface area contributed by atoms with Crippen LogP contribution in [0.2, 0.25) is 0 Å². The maximum absolute atomic E-state index is 12.6. The van der Waals surface area contributed by atoms with Crippen LogP contribution in [0.15, 0.2) is 73.1 Å². The smallest absolute Gasteiger partial charge is 0.257 e. The number of carbonyl (C=O) groups is 1. The molecule has 1 fully saturated rings. The van der Waals surface area contributed by atoms with Crippen molar-refractivity contribution in [2.24, 2.45) is 0 Å². The summed E-state index contributed by atoms with van der Waals surface area (Å²) in [5, 5.41) is 10.7. The molecular formula is C25H25N5O2. The third-order valence-corrected chi connectivity index (χ3v) is 5.77. The molecule has 2 N–H and O–H groups in total. The van der Waals surface area contributed by atoms with Crippen LogP contribution in [0, 0.1) is 0 Å². The highest BCUT2D eigenvalue weighted by Crippen LogP contribution is 2.20. The van der Waals surface area contributed by atoms with Gasteiger partial charge in [0.05, 0.1) is 17.3 Å². The average Bonchev–Trinajstić information content (AvgIpc) is 3.29. The lowest BCUT2D eigenvalue weighted by atomic mass is 10.1. The maximum atomic E-state index is 12.6. The van der Waals surface area contributed by atoms with E-state index in [1.807, 2.05) is 24.3 Å². The molecule has 1 aliphatic rings. The van der Waals surface area contributed by atoms with Crippen molar-refractivity contribution in [3.05, 3.63) is 84.2 Å². The predicted molar refractivity (Wildman–Crippen MR) is 124 cm³/mol. The third-order valence-electron chi connectivity index (χ3n) is 5.77. The van der Waals surface area contributed by atoms with E-state index in [1.54, 1.807) is 24.5 Å². The molecule has 0 spiro atoms. The zero-order chi connectivity index (χ0) is 21.8. The fraction of sp³-hybridized carbons (Fsp3) is 0.240. The van der Waals surface area contributed by atoms with Gasteiger partial charge in [-0.3, -0.25) is 14.8 Å². The molecule has 7 heteroatoms. The summed E-state index contributed by atoms with van der Waals surface area (Å²) in [6, 6.07) is 19.7. The summed E-state index contributed by atoms with van der Waals surface area (Å²) < 4.78 is 6.07. The number of piperidine rings is 1. The van der Waals surface area contributed by atoms with Gasteiger partial charge < -0.3 is 10.1 Å². The van der Waals surface area contributed by atoms with Gasteiger partial charge in [0, 0.05) is 43.0 Å². The number of nitrogens with one attached hydrogen (secondary N) is 2. The molecule has 2 aromatic heterocycles. The summed E-state index contributed by atoms with van der Waals surface area (Å²) in [4.78, 5) is 19.4. The first-order chi connectivity index (χ1) is 15.7. The lowest BCUT2D eigenvalue weighted by Crippen LogP contribution is -2.37. The predicted octanol–water partition coefficient (Wildman–Crippen LogP) is 4.25. The van der Waals surface area contributed by atoms with Crippen LogP contribution in [-0.2, 0) is 6.54 Å². The number of carbonyl (C=O) groups excluding carboxylic acids is 1. The largest absolute Gasteiger partial charge is 0.474 e. The quantitative estimate of drug-likeness (QED) is 0.481. The molecule has 0 bridgehead atoms. The SMILES string of the molecule is O=C(Nc1ccc2[nH]ncc2c1)c1ccc(OC2CCN(Cc3ccccc3)CC2)nc1. The molecule has 1 saturated heterocycles. The number of H-pyrrole nitrogens is 1. The maximum Gasteiger partial charge on any atom is 0.257 e. The molecule has 1 amide bonds. The number of hydrogen-bond acceptors (Lipinski definition) is 5. The molecule has 0 unspecified atom stereocenters. The van der Waals surface area contributed by atoms with Gasteiger partial charge in [0.15, 0.2) is 0 Å². The van der Waals surface area contributed by atoms with E-state index < -0.39 is 0 Å². The van der Waals surface area contributed by atoms with E-state index in [2.05, 4.69) is 49.7 Å². The Bertz CT molecular complexity index is 1180. The van der Waals surface area contributed by atoms with Gasteiger partial charge in [0.25, 0.3) is 5.91 Å². The fourth-order valence-corrected chi connectivity index (χ4v) is 4.01. The van der Waals surface area contributed by atoms with Crippen molar-refractivity contribution >= 4 is 22.5 Å². The summed E-state index contributed by atoms with van der Waals surface area (Å²) in [5.74, 6) is 0.351. The minimum atomic E-state index is -0.207. The van der Waals surface area contributed by atoms with Gasteiger partial charge in [-0.05, 0) is 42.7 Å².